The second-order valence-corrected chi connectivity index (χ2v) is 8.00. The Kier molecular flexibility index (Phi) is 6.10. The summed E-state index contributed by atoms with van der Waals surface area (Å²) in [5.41, 5.74) is 1.42. The maximum atomic E-state index is 11.9. The molecule has 9 heteroatoms. The average Bonchev–Trinajstić information content (AvgIpc) is 3.08. The topological polar surface area (TPSA) is 111 Å². The molecule has 0 aliphatic carbocycles. The molecule has 30 heavy (non-hydrogen) atoms. The van der Waals surface area contributed by atoms with E-state index in [-0.39, 0.29) is 17.7 Å². The van der Waals surface area contributed by atoms with Crippen molar-refractivity contribution in [3.8, 4) is 22.8 Å². The number of hydrogen-bond acceptors (Lipinski definition) is 6. The van der Waals surface area contributed by atoms with Crippen LogP contribution in [0, 0.1) is 5.41 Å². The number of aromatic nitrogens is 4. The molecule has 156 valence electrons. The van der Waals surface area contributed by atoms with E-state index in [1.54, 1.807) is 41.3 Å². The number of pyridine rings is 2. The summed E-state index contributed by atoms with van der Waals surface area (Å²) in [6.45, 7) is 5.77. The van der Waals surface area contributed by atoms with E-state index >= 15 is 0 Å². The highest BCUT2D eigenvalue weighted by Gasteiger charge is 2.17. The van der Waals surface area contributed by atoms with Crippen LogP contribution in [0.1, 0.15) is 27.2 Å². The van der Waals surface area contributed by atoms with E-state index in [1.807, 2.05) is 34.0 Å². The molecule has 0 bridgehead atoms. The molecule has 0 atom stereocenters. The maximum Gasteiger partial charge on any atom is 0.327 e. The van der Waals surface area contributed by atoms with Crippen molar-refractivity contribution in [2.45, 2.75) is 27.2 Å². The molecule has 0 spiro atoms. The van der Waals surface area contributed by atoms with Gasteiger partial charge >= 0.3 is 6.03 Å². The number of urea groups is 1. The minimum absolute atomic E-state index is 0.203. The van der Waals surface area contributed by atoms with Crippen molar-refractivity contribution in [2.75, 3.05) is 5.32 Å². The summed E-state index contributed by atoms with van der Waals surface area (Å²) >= 11 is 0. The van der Waals surface area contributed by atoms with E-state index in [9.17, 15) is 9.59 Å². The highest BCUT2D eigenvalue weighted by molar-refractivity contribution is 6.00. The molecule has 2 N–H and O–H groups in total. The van der Waals surface area contributed by atoms with Crippen molar-refractivity contribution in [3.63, 3.8) is 0 Å². The van der Waals surface area contributed by atoms with Gasteiger partial charge in [-0.1, -0.05) is 20.8 Å². The van der Waals surface area contributed by atoms with E-state index in [1.165, 1.54) is 6.20 Å². The van der Waals surface area contributed by atoms with Crippen LogP contribution >= 0.6 is 0 Å². The fraction of sp³-hybridized carbons (Fsp3) is 0.286. The molecule has 3 aromatic heterocycles. The van der Waals surface area contributed by atoms with E-state index in [0.717, 1.165) is 11.3 Å². The molecular weight excluding hydrogens is 384 g/mol. The second-order valence-electron chi connectivity index (χ2n) is 8.00. The van der Waals surface area contributed by atoms with Gasteiger partial charge in [0.25, 0.3) is 0 Å². The van der Waals surface area contributed by atoms with Crippen molar-refractivity contribution < 1.29 is 14.3 Å². The minimum Gasteiger partial charge on any atom is -0.456 e. The van der Waals surface area contributed by atoms with Gasteiger partial charge in [-0.2, -0.15) is 5.10 Å². The summed E-state index contributed by atoms with van der Waals surface area (Å²) in [4.78, 5) is 32.2. The molecule has 3 rings (SSSR count). The number of rotatable bonds is 5. The van der Waals surface area contributed by atoms with Gasteiger partial charge in [0.15, 0.2) is 0 Å². The molecule has 3 aromatic rings. The Labute approximate surface area is 174 Å². The van der Waals surface area contributed by atoms with Gasteiger partial charge in [-0.25, -0.2) is 9.78 Å². The summed E-state index contributed by atoms with van der Waals surface area (Å²) in [7, 11) is 1.84. The summed E-state index contributed by atoms with van der Waals surface area (Å²) < 4.78 is 7.52. The number of aryl methyl sites for hydroxylation is 1. The standard InChI is InChI=1S/C21H24N6O3/c1-21(2,3)10-19(28)26-20(29)25-18-6-5-16(12-23-18)30-15-7-8-22-17(9-15)14-11-24-27(4)13-14/h5-9,11-13H,10H2,1-4H3,(H2,23,25,26,28,29). The fourth-order valence-electron chi connectivity index (χ4n) is 2.64. The van der Waals surface area contributed by atoms with Crippen molar-refractivity contribution in [1.82, 2.24) is 25.1 Å². The first-order valence-corrected chi connectivity index (χ1v) is 9.38. The first-order chi connectivity index (χ1) is 14.2. The number of carbonyl (C=O) groups is 2. The van der Waals surface area contributed by atoms with Crippen LogP contribution in [-0.2, 0) is 11.8 Å². The van der Waals surface area contributed by atoms with Crippen LogP contribution in [0.2, 0.25) is 0 Å². The molecule has 0 saturated carbocycles. The van der Waals surface area contributed by atoms with Crippen LogP contribution in [0.3, 0.4) is 0 Å². The number of hydrogen-bond donors (Lipinski definition) is 2. The quantitative estimate of drug-likeness (QED) is 0.665. The molecule has 0 unspecified atom stereocenters. The number of anilines is 1. The minimum atomic E-state index is -0.624. The number of amides is 3. The predicted molar refractivity (Wildman–Crippen MR) is 112 cm³/mol. The van der Waals surface area contributed by atoms with E-state index < -0.39 is 6.03 Å². The molecule has 0 aliphatic heterocycles. The Bertz CT molecular complexity index is 1040. The highest BCUT2D eigenvalue weighted by atomic mass is 16.5. The third kappa shape index (κ3) is 6.13. The number of carbonyl (C=O) groups excluding carboxylic acids is 2. The molecule has 9 nitrogen and oxygen atoms in total. The smallest absolute Gasteiger partial charge is 0.327 e. The van der Waals surface area contributed by atoms with E-state index in [4.69, 9.17) is 4.74 Å². The molecule has 0 aromatic carbocycles. The zero-order chi connectivity index (χ0) is 21.7. The molecule has 0 fully saturated rings. The Morgan fingerprint density at radius 1 is 1.10 bits per heavy atom. The molecule has 3 amide bonds. The van der Waals surface area contributed by atoms with Gasteiger partial charge in [-0.15, -0.1) is 0 Å². The SMILES string of the molecule is Cn1cc(-c2cc(Oc3ccc(NC(=O)NC(=O)CC(C)(C)C)nc3)ccn2)cn1. The van der Waals surface area contributed by atoms with Crippen LogP contribution in [0.15, 0.2) is 49.1 Å². The first kappa shape index (κ1) is 21.0. The lowest BCUT2D eigenvalue weighted by Gasteiger charge is -2.16. The average molecular weight is 408 g/mol. The predicted octanol–water partition coefficient (Wildman–Crippen LogP) is 3.75. The van der Waals surface area contributed by atoms with Gasteiger partial charge in [0.1, 0.15) is 17.3 Å². The molecule has 0 radical (unpaired) electrons. The van der Waals surface area contributed by atoms with Gasteiger partial charge in [-0.05, 0) is 23.6 Å². The normalized spacial score (nSPS) is 11.1. The van der Waals surface area contributed by atoms with Gasteiger partial charge < -0.3 is 4.74 Å². The summed E-state index contributed by atoms with van der Waals surface area (Å²) in [5.74, 6) is 1.04. The van der Waals surface area contributed by atoms with Crippen molar-refractivity contribution in [2.24, 2.45) is 12.5 Å². The molecule has 0 saturated heterocycles. The van der Waals surface area contributed by atoms with Gasteiger partial charge in [-0.3, -0.25) is 25.1 Å². The summed E-state index contributed by atoms with van der Waals surface area (Å²) in [5, 5.41) is 8.95. The Morgan fingerprint density at radius 3 is 2.53 bits per heavy atom. The lowest BCUT2D eigenvalue weighted by molar-refractivity contribution is -0.121. The number of nitrogens with one attached hydrogen (secondary N) is 2. The monoisotopic (exact) mass is 408 g/mol. The summed E-state index contributed by atoms with van der Waals surface area (Å²) in [6, 6.07) is 6.18. The molecule has 0 aliphatic rings. The van der Waals surface area contributed by atoms with Crippen LogP contribution in [0.5, 0.6) is 11.5 Å². The van der Waals surface area contributed by atoms with Crippen molar-refractivity contribution in [1.29, 1.82) is 0 Å². The Hall–Kier alpha value is -3.75. The molecular formula is C21H24N6O3. The lowest BCUT2D eigenvalue weighted by atomic mass is 9.92. The number of imide groups is 1. The maximum absolute atomic E-state index is 11.9. The van der Waals surface area contributed by atoms with Crippen molar-refractivity contribution in [3.05, 3.63) is 49.1 Å². The number of ether oxygens (including phenoxy) is 1. The lowest BCUT2D eigenvalue weighted by Crippen LogP contribution is -2.36. The zero-order valence-corrected chi connectivity index (χ0v) is 17.3. The zero-order valence-electron chi connectivity index (χ0n) is 17.3. The Balaban J connectivity index is 1.58. The van der Waals surface area contributed by atoms with Crippen LogP contribution in [-0.4, -0.2) is 31.7 Å². The van der Waals surface area contributed by atoms with Crippen LogP contribution in [0.4, 0.5) is 10.6 Å². The number of nitrogens with zero attached hydrogens (tertiary/aromatic N) is 4. The van der Waals surface area contributed by atoms with Crippen molar-refractivity contribution >= 4 is 17.8 Å². The second kappa shape index (κ2) is 8.73. The van der Waals surface area contributed by atoms with Gasteiger partial charge in [0.05, 0.1) is 18.1 Å². The Morgan fingerprint density at radius 2 is 1.90 bits per heavy atom. The van der Waals surface area contributed by atoms with Gasteiger partial charge in [0.2, 0.25) is 5.91 Å². The molecule has 3 heterocycles. The third-order valence-corrected chi connectivity index (χ3v) is 3.89. The highest BCUT2D eigenvalue weighted by Crippen LogP contribution is 2.25. The van der Waals surface area contributed by atoms with Gasteiger partial charge in [0, 0.05) is 37.5 Å². The first-order valence-electron chi connectivity index (χ1n) is 9.38. The fourth-order valence-corrected chi connectivity index (χ4v) is 2.64. The van der Waals surface area contributed by atoms with E-state index in [0.29, 0.717) is 17.3 Å². The summed E-state index contributed by atoms with van der Waals surface area (Å²) in [6.07, 6.45) is 6.97. The third-order valence-electron chi connectivity index (χ3n) is 3.89. The van der Waals surface area contributed by atoms with Crippen LogP contribution in [0.25, 0.3) is 11.3 Å². The van der Waals surface area contributed by atoms with Crippen LogP contribution < -0.4 is 15.4 Å². The largest absolute Gasteiger partial charge is 0.456 e. The van der Waals surface area contributed by atoms with E-state index in [2.05, 4.69) is 25.7 Å².